The highest BCUT2D eigenvalue weighted by atomic mass is 16.4. The number of rotatable bonds is 2. The standard InChI is InChI=1S/C13H22N2O3/c1-9-7-14(2)6-5-11(9)15-8-10(13(17)18)3-4-12(15)16/h9-11H,3-8H2,1-2H3,(H,17,18). The van der Waals surface area contributed by atoms with Crippen LogP contribution in [0.15, 0.2) is 0 Å². The summed E-state index contributed by atoms with van der Waals surface area (Å²) in [6.45, 7) is 4.51. The van der Waals surface area contributed by atoms with Crippen molar-refractivity contribution in [3.63, 3.8) is 0 Å². The zero-order chi connectivity index (χ0) is 13.3. The minimum atomic E-state index is -0.770. The summed E-state index contributed by atoms with van der Waals surface area (Å²) in [4.78, 5) is 27.2. The van der Waals surface area contributed by atoms with Gasteiger partial charge in [-0.25, -0.2) is 0 Å². The van der Waals surface area contributed by atoms with Crippen molar-refractivity contribution in [2.45, 2.75) is 32.2 Å². The molecule has 0 aromatic heterocycles. The average molecular weight is 254 g/mol. The number of nitrogens with zero attached hydrogens (tertiary/aromatic N) is 2. The van der Waals surface area contributed by atoms with Gasteiger partial charge in [0.2, 0.25) is 5.91 Å². The zero-order valence-corrected chi connectivity index (χ0v) is 11.1. The molecule has 2 aliphatic rings. The number of hydrogen-bond donors (Lipinski definition) is 1. The summed E-state index contributed by atoms with van der Waals surface area (Å²) >= 11 is 0. The van der Waals surface area contributed by atoms with E-state index in [1.165, 1.54) is 0 Å². The molecule has 2 rings (SSSR count). The van der Waals surface area contributed by atoms with E-state index in [2.05, 4.69) is 18.9 Å². The third-order valence-corrected chi connectivity index (χ3v) is 4.26. The summed E-state index contributed by atoms with van der Waals surface area (Å²) in [6.07, 6.45) is 1.83. The van der Waals surface area contributed by atoms with Crippen LogP contribution in [0, 0.1) is 11.8 Å². The predicted octanol–water partition coefficient (Wildman–Crippen LogP) is 0.650. The molecule has 1 amide bonds. The predicted molar refractivity (Wildman–Crippen MR) is 67.1 cm³/mol. The van der Waals surface area contributed by atoms with Crippen LogP contribution in [-0.4, -0.2) is 59.5 Å². The van der Waals surface area contributed by atoms with Crippen molar-refractivity contribution in [2.75, 3.05) is 26.7 Å². The van der Waals surface area contributed by atoms with Gasteiger partial charge in [-0.15, -0.1) is 0 Å². The first kappa shape index (κ1) is 13.3. The van der Waals surface area contributed by atoms with Crippen molar-refractivity contribution >= 4 is 11.9 Å². The molecule has 2 fully saturated rings. The fourth-order valence-electron chi connectivity index (χ4n) is 3.20. The highest BCUT2D eigenvalue weighted by Gasteiger charge is 2.37. The van der Waals surface area contributed by atoms with Gasteiger partial charge in [-0.05, 0) is 32.4 Å². The van der Waals surface area contributed by atoms with E-state index in [9.17, 15) is 9.59 Å². The Balaban J connectivity index is 2.05. The van der Waals surface area contributed by atoms with E-state index < -0.39 is 5.97 Å². The second kappa shape index (κ2) is 5.26. The topological polar surface area (TPSA) is 60.9 Å². The SMILES string of the molecule is CC1CN(C)CCC1N1CC(C(=O)O)CCC1=O. The molecule has 0 aromatic carbocycles. The number of amides is 1. The van der Waals surface area contributed by atoms with Gasteiger partial charge in [0, 0.05) is 25.6 Å². The normalized spacial score (nSPS) is 34.7. The van der Waals surface area contributed by atoms with Crippen LogP contribution < -0.4 is 0 Å². The molecular formula is C13H22N2O3. The van der Waals surface area contributed by atoms with Crippen molar-refractivity contribution in [1.82, 2.24) is 9.80 Å². The second-order valence-electron chi connectivity index (χ2n) is 5.72. The third kappa shape index (κ3) is 2.66. The Morgan fingerprint density at radius 2 is 2.06 bits per heavy atom. The molecule has 102 valence electrons. The van der Waals surface area contributed by atoms with Gasteiger partial charge in [-0.2, -0.15) is 0 Å². The summed E-state index contributed by atoms with van der Waals surface area (Å²) in [5.74, 6) is -0.600. The number of aliphatic carboxylic acids is 1. The maximum absolute atomic E-state index is 12.0. The number of piperidine rings is 2. The Labute approximate surface area is 108 Å². The van der Waals surface area contributed by atoms with Crippen LogP contribution in [-0.2, 0) is 9.59 Å². The molecule has 0 aromatic rings. The van der Waals surface area contributed by atoms with Crippen LogP contribution in [0.25, 0.3) is 0 Å². The van der Waals surface area contributed by atoms with Gasteiger partial charge in [0.25, 0.3) is 0 Å². The average Bonchev–Trinajstić information content (AvgIpc) is 2.30. The maximum atomic E-state index is 12.0. The molecule has 3 unspecified atom stereocenters. The lowest BCUT2D eigenvalue weighted by molar-refractivity contribution is -0.150. The van der Waals surface area contributed by atoms with E-state index >= 15 is 0 Å². The summed E-state index contributed by atoms with van der Waals surface area (Å²) in [7, 11) is 2.09. The first-order valence-corrected chi connectivity index (χ1v) is 6.70. The van der Waals surface area contributed by atoms with Crippen LogP contribution in [0.3, 0.4) is 0 Å². The minimum absolute atomic E-state index is 0.133. The maximum Gasteiger partial charge on any atom is 0.308 e. The van der Waals surface area contributed by atoms with Crippen molar-refractivity contribution in [3.8, 4) is 0 Å². The van der Waals surface area contributed by atoms with E-state index in [-0.39, 0.29) is 17.9 Å². The summed E-state index contributed by atoms with van der Waals surface area (Å²) in [6, 6.07) is 0.218. The van der Waals surface area contributed by atoms with Gasteiger partial charge < -0.3 is 14.9 Å². The number of hydrogen-bond acceptors (Lipinski definition) is 3. The van der Waals surface area contributed by atoms with Crippen LogP contribution >= 0.6 is 0 Å². The third-order valence-electron chi connectivity index (χ3n) is 4.26. The van der Waals surface area contributed by atoms with Crippen LogP contribution in [0.4, 0.5) is 0 Å². The number of carboxylic acid groups (broad SMARTS) is 1. The fourth-order valence-corrected chi connectivity index (χ4v) is 3.20. The molecule has 0 aliphatic carbocycles. The number of carbonyl (C=O) groups excluding carboxylic acids is 1. The van der Waals surface area contributed by atoms with E-state index in [1.54, 1.807) is 0 Å². The first-order chi connectivity index (χ1) is 8.49. The van der Waals surface area contributed by atoms with Crippen LogP contribution in [0.2, 0.25) is 0 Å². The van der Waals surface area contributed by atoms with Gasteiger partial charge in [0.05, 0.1) is 5.92 Å². The molecule has 0 saturated carbocycles. The molecule has 0 radical (unpaired) electrons. The monoisotopic (exact) mass is 254 g/mol. The molecule has 1 N–H and O–H groups in total. The molecule has 5 heteroatoms. The Morgan fingerprint density at radius 3 is 2.67 bits per heavy atom. The molecule has 0 bridgehead atoms. The van der Waals surface area contributed by atoms with Crippen molar-refractivity contribution in [2.24, 2.45) is 11.8 Å². The summed E-state index contributed by atoms with van der Waals surface area (Å²) < 4.78 is 0. The highest BCUT2D eigenvalue weighted by molar-refractivity contribution is 5.80. The molecule has 18 heavy (non-hydrogen) atoms. The van der Waals surface area contributed by atoms with Crippen molar-refractivity contribution in [3.05, 3.63) is 0 Å². The Kier molecular flexibility index (Phi) is 3.90. The van der Waals surface area contributed by atoms with E-state index in [0.717, 1.165) is 19.5 Å². The van der Waals surface area contributed by atoms with Crippen LogP contribution in [0.5, 0.6) is 0 Å². The number of carbonyl (C=O) groups is 2. The van der Waals surface area contributed by atoms with E-state index in [1.807, 2.05) is 4.90 Å². The highest BCUT2D eigenvalue weighted by Crippen LogP contribution is 2.27. The molecule has 2 aliphatic heterocycles. The van der Waals surface area contributed by atoms with Gasteiger partial charge in [0.1, 0.15) is 0 Å². The molecule has 5 nitrogen and oxygen atoms in total. The quantitative estimate of drug-likeness (QED) is 0.786. The number of likely N-dealkylation sites (tertiary alicyclic amines) is 2. The molecule has 2 saturated heterocycles. The molecule has 3 atom stereocenters. The van der Waals surface area contributed by atoms with Gasteiger partial charge >= 0.3 is 5.97 Å². The Bertz CT molecular complexity index is 345. The van der Waals surface area contributed by atoms with Gasteiger partial charge in [-0.1, -0.05) is 6.92 Å². The summed E-state index contributed by atoms with van der Waals surface area (Å²) in [5.41, 5.74) is 0. The fraction of sp³-hybridized carbons (Fsp3) is 0.846. The smallest absolute Gasteiger partial charge is 0.308 e. The molecule has 2 heterocycles. The summed E-state index contributed by atoms with van der Waals surface area (Å²) in [5, 5.41) is 9.10. The zero-order valence-electron chi connectivity index (χ0n) is 11.1. The first-order valence-electron chi connectivity index (χ1n) is 6.70. The van der Waals surface area contributed by atoms with E-state index in [0.29, 0.717) is 25.3 Å². The lowest BCUT2D eigenvalue weighted by Crippen LogP contribution is -2.54. The molecular weight excluding hydrogens is 232 g/mol. The Hall–Kier alpha value is -1.10. The lowest BCUT2D eigenvalue weighted by Gasteiger charge is -2.44. The Morgan fingerprint density at radius 1 is 1.33 bits per heavy atom. The largest absolute Gasteiger partial charge is 0.481 e. The van der Waals surface area contributed by atoms with Crippen LogP contribution in [0.1, 0.15) is 26.2 Å². The van der Waals surface area contributed by atoms with Crippen molar-refractivity contribution in [1.29, 1.82) is 0 Å². The van der Waals surface area contributed by atoms with Gasteiger partial charge in [-0.3, -0.25) is 9.59 Å². The molecule has 0 spiro atoms. The van der Waals surface area contributed by atoms with E-state index in [4.69, 9.17) is 5.11 Å². The number of carboxylic acids is 1. The van der Waals surface area contributed by atoms with Crippen molar-refractivity contribution < 1.29 is 14.7 Å². The lowest BCUT2D eigenvalue weighted by atomic mass is 9.88. The minimum Gasteiger partial charge on any atom is -0.481 e. The second-order valence-corrected chi connectivity index (χ2v) is 5.72. The van der Waals surface area contributed by atoms with Gasteiger partial charge in [0.15, 0.2) is 0 Å².